The van der Waals surface area contributed by atoms with E-state index in [0.29, 0.717) is 11.6 Å². The third kappa shape index (κ3) is 2.96. The van der Waals surface area contributed by atoms with Crippen molar-refractivity contribution in [2.24, 2.45) is 0 Å². The van der Waals surface area contributed by atoms with Gasteiger partial charge in [0.1, 0.15) is 12.4 Å². The molecule has 0 saturated heterocycles. The van der Waals surface area contributed by atoms with Crippen molar-refractivity contribution in [2.75, 3.05) is 0 Å². The summed E-state index contributed by atoms with van der Waals surface area (Å²) in [7, 11) is 0. The maximum absolute atomic E-state index is 6.29. The molecule has 1 aromatic heterocycles. The quantitative estimate of drug-likeness (QED) is 0.374. The molecule has 136 valence electrons. The number of halogens is 1. The molecule has 3 aromatic carbocycles. The number of rotatable bonds is 2. The van der Waals surface area contributed by atoms with E-state index in [4.69, 9.17) is 21.3 Å². The normalized spacial score (nSPS) is 12.1. The van der Waals surface area contributed by atoms with Gasteiger partial charge in [-0.2, -0.15) is 0 Å². The summed E-state index contributed by atoms with van der Waals surface area (Å²) in [5.74, 6) is 0.824. The van der Waals surface area contributed by atoms with Crippen molar-refractivity contribution in [1.29, 1.82) is 0 Å². The van der Waals surface area contributed by atoms with Crippen molar-refractivity contribution in [1.82, 2.24) is 4.98 Å². The van der Waals surface area contributed by atoms with Gasteiger partial charge in [-0.15, -0.1) is 0 Å². The average Bonchev–Trinajstić information content (AvgIpc) is 2.74. The van der Waals surface area contributed by atoms with Crippen LogP contribution in [0, 0.1) is 6.92 Å². The molecule has 28 heavy (non-hydrogen) atoms. The zero-order valence-electron chi connectivity index (χ0n) is 15.4. The first kappa shape index (κ1) is 17.0. The standard InChI is InChI=1S/C25H18ClNO/c1-16-7-9-17(10-8-16)20-14-23(18-5-3-2-4-6-18)27-25-21-13-19(26)11-12-24(21)28-15-22(20)25/h2-14H,15H2,1H3. The summed E-state index contributed by atoms with van der Waals surface area (Å²) in [5.41, 5.74) is 8.57. The zero-order chi connectivity index (χ0) is 19.1. The van der Waals surface area contributed by atoms with Gasteiger partial charge in [0.25, 0.3) is 0 Å². The number of fused-ring (bicyclic) bond motifs is 3. The largest absolute Gasteiger partial charge is 0.488 e. The highest BCUT2D eigenvalue weighted by Gasteiger charge is 2.24. The van der Waals surface area contributed by atoms with Gasteiger partial charge in [0, 0.05) is 21.7 Å². The van der Waals surface area contributed by atoms with E-state index in [1.165, 1.54) is 5.56 Å². The van der Waals surface area contributed by atoms with E-state index in [9.17, 15) is 0 Å². The molecule has 0 unspecified atom stereocenters. The molecule has 0 spiro atoms. The molecule has 3 heteroatoms. The zero-order valence-corrected chi connectivity index (χ0v) is 16.2. The van der Waals surface area contributed by atoms with Gasteiger partial charge in [0.05, 0.1) is 11.4 Å². The Morgan fingerprint density at radius 1 is 0.821 bits per heavy atom. The Kier molecular flexibility index (Phi) is 4.14. The Balaban J connectivity index is 1.80. The second kappa shape index (κ2) is 6.81. The molecule has 0 radical (unpaired) electrons. The van der Waals surface area contributed by atoms with Crippen molar-refractivity contribution in [3.8, 4) is 39.4 Å². The Hall–Kier alpha value is -3.10. The van der Waals surface area contributed by atoms with Crippen molar-refractivity contribution < 1.29 is 4.74 Å². The number of hydrogen-bond acceptors (Lipinski definition) is 2. The maximum atomic E-state index is 6.29. The lowest BCUT2D eigenvalue weighted by Gasteiger charge is -2.24. The molecule has 1 aliphatic heterocycles. The molecule has 1 aliphatic rings. The highest BCUT2D eigenvalue weighted by atomic mass is 35.5. The van der Waals surface area contributed by atoms with Crippen molar-refractivity contribution in [3.63, 3.8) is 0 Å². The van der Waals surface area contributed by atoms with Crippen LogP contribution in [0.15, 0.2) is 78.9 Å². The Bertz CT molecular complexity index is 1170. The van der Waals surface area contributed by atoms with Gasteiger partial charge in [0.15, 0.2) is 0 Å². The summed E-state index contributed by atoms with van der Waals surface area (Å²) in [4.78, 5) is 5.03. The lowest BCUT2D eigenvalue weighted by atomic mass is 9.92. The summed E-state index contributed by atoms with van der Waals surface area (Å²) in [6.45, 7) is 2.60. The highest BCUT2D eigenvalue weighted by Crippen LogP contribution is 2.43. The number of aryl methyl sites for hydroxylation is 1. The molecule has 0 saturated carbocycles. The highest BCUT2D eigenvalue weighted by molar-refractivity contribution is 6.31. The van der Waals surface area contributed by atoms with E-state index >= 15 is 0 Å². The molecule has 5 rings (SSSR count). The van der Waals surface area contributed by atoms with E-state index in [1.807, 2.05) is 36.4 Å². The van der Waals surface area contributed by atoms with Gasteiger partial charge in [-0.1, -0.05) is 71.8 Å². The van der Waals surface area contributed by atoms with Gasteiger partial charge in [-0.05, 0) is 42.3 Å². The molecule has 0 N–H and O–H groups in total. The van der Waals surface area contributed by atoms with Crippen LogP contribution < -0.4 is 4.74 Å². The Morgan fingerprint density at radius 2 is 1.61 bits per heavy atom. The predicted molar refractivity (Wildman–Crippen MR) is 115 cm³/mol. The smallest absolute Gasteiger partial charge is 0.129 e. The number of hydrogen-bond donors (Lipinski definition) is 0. The third-order valence-electron chi connectivity index (χ3n) is 5.13. The number of ether oxygens (including phenoxy) is 1. The van der Waals surface area contributed by atoms with Crippen LogP contribution in [0.4, 0.5) is 0 Å². The number of nitrogens with zero attached hydrogens (tertiary/aromatic N) is 1. The molecule has 4 aromatic rings. The fraction of sp³-hybridized carbons (Fsp3) is 0.0800. The second-order valence-corrected chi connectivity index (χ2v) is 7.48. The molecular formula is C25H18ClNO. The minimum atomic E-state index is 0.495. The van der Waals surface area contributed by atoms with E-state index in [0.717, 1.165) is 45.0 Å². The molecule has 0 amide bonds. The van der Waals surface area contributed by atoms with Crippen LogP contribution in [-0.2, 0) is 6.61 Å². The fourth-order valence-corrected chi connectivity index (χ4v) is 3.82. The molecule has 0 bridgehead atoms. The maximum Gasteiger partial charge on any atom is 0.129 e. The molecule has 2 nitrogen and oxygen atoms in total. The first-order valence-corrected chi connectivity index (χ1v) is 9.66. The van der Waals surface area contributed by atoms with Gasteiger partial charge in [-0.3, -0.25) is 0 Å². The van der Waals surface area contributed by atoms with Gasteiger partial charge < -0.3 is 4.74 Å². The van der Waals surface area contributed by atoms with Crippen LogP contribution in [0.25, 0.3) is 33.6 Å². The average molecular weight is 384 g/mol. The van der Waals surface area contributed by atoms with Crippen LogP contribution in [0.1, 0.15) is 11.1 Å². The third-order valence-corrected chi connectivity index (χ3v) is 5.36. The van der Waals surface area contributed by atoms with E-state index < -0.39 is 0 Å². The van der Waals surface area contributed by atoms with Crippen LogP contribution in [0.3, 0.4) is 0 Å². The molecule has 0 fully saturated rings. The topological polar surface area (TPSA) is 22.1 Å². The van der Waals surface area contributed by atoms with E-state index in [2.05, 4.69) is 49.4 Å². The van der Waals surface area contributed by atoms with Crippen LogP contribution in [0.2, 0.25) is 5.02 Å². The fourth-order valence-electron chi connectivity index (χ4n) is 3.65. The van der Waals surface area contributed by atoms with Crippen molar-refractivity contribution in [2.45, 2.75) is 13.5 Å². The van der Waals surface area contributed by atoms with Crippen LogP contribution >= 0.6 is 11.6 Å². The number of pyridine rings is 1. The van der Waals surface area contributed by atoms with Crippen molar-refractivity contribution >= 4 is 11.6 Å². The summed E-state index contributed by atoms with van der Waals surface area (Å²) in [5, 5.41) is 0.680. The van der Waals surface area contributed by atoms with Gasteiger partial charge in [0.2, 0.25) is 0 Å². The Labute approximate surface area is 169 Å². The lowest BCUT2D eigenvalue weighted by molar-refractivity contribution is 0.302. The SMILES string of the molecule is Cc1ccc(-c2cc(-c3ccccc3)nc3c2COc2ccc(Cl)cc2-3)cc1. The first-order valence-electron chi connectivity index (χ1n) is 9.28. The molecule has 0 atom stereocenters. The minimum Gasteiger partial charge on any atom is -0.488 e. The Morgan fingerprint density at radius 3 is 2.39 bits per heavy atom. The van der Waals surface area contributed by atoms with Crippen LogP contribution in [0.5, 0.6) is 5.75 Å². The number of benzene rings is 3. The number of aromatic nitrogens is 1. The monoisotopic (exact) mass is 383 g/mol. The molecular weight excluding hydrogens is 366 g/mol. The first-order chi connectivity index (χ1) is 13.7. The molecule has 0 aliphatic carbocycles. The van der Waals surface area contributed by atoms with Crippen LogP contribution in [-0.4, -0.2) is 4.98 Å². The van der Waals surface area contributed by atoms with Crippen molar-refractivity contribution in [3.05, 3.63) is 95.0 Å². The summed E-state index contributed by atoms with van der Waals surface area (Å²) >= 11 is 6.29. The van der Waals surface area contributed by atoms with E-state index in [1.54, 1.807) is 0 Å². The lowest BCUT2D eigenvalue weighted by Crippen LogP contribution is -2.09. The predicted octanol–water partition coefficient (Wildman–Crippen LogP) is 6.94. The summed E-state index contributed by atoms with van der Waals surface area (Å²) in [6, 6.07) is 26.7. The van der Waals surface area contributed by atoms with Gasteiger partial charge >= 0.3 is 0 Å². The van der Waals surface area contributed by atoms with Gasteiger partial charge in [-0.25, -0.2) is 4.98 Å². The van der Waals surface area contributed by atoms with E-state index in [-0.39, 0.29) is 0 Å². The molecule has 2 heterocycles. The summed E-state index contributed by atoms with van der Waals surface area (Å²) in [6.07, 6.45) is 0. The summed E-state index contributed by atoms with van der Waals surface area (Å²) < 4.78 is 6.04. The minimum absolute atomic E-state index is 0.495. The second-order valence-electron chi connectivity index (χ2n) is 7.04.